The molecule has 1 rings (SSSR count). The summed E-state index contributed by atoms with van der Waals surface area (Å²) < 4.78 is 0. The zero-order valence-electron chi connectivity index (χ0n) is 5.26. The van der Waals surface area contributed by atoms with Gasteiger partial charge in [0.05, 0.1) is 0 Å². The molecule has 0 amide bonds. The fourth-order valence-electron chi connectivity index (χ4n) is 1.17. The SMILES string of the molecule is C[C@H]1CCC[C@H]1N.Cl. The summed E-state index contributed by atoms with van der Waals surface area (Å²) in [6.07, 6.45) is 3.95. The van der Waals surface area contributed by atoms with Crippen LogP contribution in [0.5, 0.6) is 0 Å². The third kappa shape index (κ3) is 1.64. The maximum absolute atomic E-state index is 5.68. The summed E-state index contributed by atoms with van der Waals surface area (Å²) >= 11 is 0. The Labute approximate surface area is 57.1 Å². The first-order valence-corrected chi connectivity index (χ1v) is 3.06. The Morgan fingerprint density at radius 2 is 2.00 bits per heavy atom. The molecule has 0 radical (unpaired) electrons. The van der Waals surface area contributed by atoms with Crippen LogP contribution >= 0.6 is 12.4 Å². The van der Waals surface area contributed by atoms with Crippen molar-refractivity contribution in [3.05, 3.63) is 0 Å². The highest BCUT2D eigenvalue weighted by atomic mass is 35.5. The largest absolute Gasteiger partial charge is 0.327 e. The first-order valence-electron chi connectivity index (χ1n) is 3.06. The van der Waals surface area contributed by atoms with Gasteiger partial charge in [-0.05, 0) is 18.8 Å². The van der Waals surface area contributed by atoms with E-state index in [2.05, 4.69) is 6.92 Å². The van der Waals surface area contributed by atoms with Crippen LogP contribution in [-0.2, 0) is 0 Å². The molecule has 1 aliphatic rings. The van der Waals surface area contributed by atoms with Crippen LogP contribution < -0.4 is 5.73 Å². The molecule has 0 aromatic carbocycles. The van der Waals surface area contributed by atoms with Gasteiger partial charge in [-0.1, -0.05) is 13.3 Å². The molecule has 2 atom stereocenters. The third-order valence-corrected chi connectivity index (χ3v) is 1.93. The molecule has 0 spiro atoms. The van der Waals surface area contributed by atoms with E-state index in [1.54, 1.807) is 0 Å². The Hall–Kier alpha value is 0.250. The number of hydrogen-bond donors (Lipinski definition) is 1. The third-order valence-electron chi connectivity index (χ3n) is 1.93. The van der Waals surface area contributed by atoms with Gasteiger partial charge >= 0.3 is 0 Å². The van der Waals surface area contributed by atoms with E-state index in [9.17, 15) is 0 Å². The van der Waals surface area contributed by atoms with Gasteiger partial charge in [-0.15, -0.1) is 12.4 Å². The average molecular weight is 136 g/mol. The molecule has 0 aromatic heterocycles. The first-order chi connectivity index (χ1) is 3.30. The van der Waals surface area contributed by atoms with Crippen molar-refractivity contribution in [2.75, 3.05) is 0 Å². The van der Waals surface area contributed by atoms with E-state index in [1.165, 1.54) is 19.3 Å². The lowest BCUT2D eigenvalue weighted by atomic mass is 10.1. The molecule has 8 heavy (non-hydrogen) atoms. The summed E-state index contributed by atoms with van der Waals surface area (Å²) in [6.45, 7) is 2.23. The smallest absolute Gasteiger partial charge is 0.00645 e. The van der Waals surface area contributed by atoms with Gasteiger partial charge in [0.1, 0.15) is 0 Å². The molecule has 1 aliphatic carbocycles. The zero-order chi connectivity index (χ0) is 5.28. The molecular weight excluding hydrogens is 122 g/mol. The van der Waals surface area contributed by atoms with Crippen molar-refractivity contribution >= 4 is 12.4 Å². The zero-order valence-corrected chi connectivity index (χ0v) is 6.08. The highest BCUT2D eigenvalue weighted by Gasteiger charge is 2.18. The molecule has 1 nitrogen and oxygen atoms in total. The van der Waals surface area contributed by atoms with E-state index in [1.807, 2.05) is 0 Å². The summed E-state index contributed by atoms with van der Waals surface area (Å²) in [7, 11) is 0. The normalized spacial score (nSPS) is 36.8. The maximum Gasteiger partial charge on any atom is 0.00645 e. The number of halogens is 1. The van der Waals surface area contributed by atoms with Crippen LogP contribution in [0.15, 0.2) is 0 Å². The van der Waals surface area contributed by atoms with Crippen molar-refractivity contribution in [2.24, 2.45) is 11.7 Å². The summed E-state index contributed by atoms with van der Waals surface area (Å²) in [6, 6.07) is 0.514. The second-order valence-corrected chi connectivity index (χ2v) is 2.57. The average Bonchev–Trinajstić information content (AvgIpc) is 1.91. The standard InChI is InChI=1S/C6H13N.ClH/c1-5-3-2-4-6(5)7;/h5-6H,2-4,7H2,1H3;1H/t5-,6+;/m0./s1. The summed E-state index contributed by atoms with van der Waals surface area (Å²) in [4.78, 5) is 0. The Balaban J connectivity index is 0.000000490. The molecule has 50 valence electrons. The van der Waals surface area contributed by atoms with Gasteiger partial charge in [-0.3, -0.25) is 0 Å². The predicted molar refractivity (Wildman–Crippen MR) is 38.2 cm³/mol. The van der Waals surface area contributed by atoms with E-state index in [4.69, 9.17) is 5.73 Å². The molecule has 1 saturated carbocycles. The molecule has 0 saturated heterocycles. The quantitative estimate of drug-likeness (QED) is 0.536. The van der Waals surface area contributed by atoms with Gasteiger partial charge < -0.3 is 5.73 Å². The lowest BCUT2D eigenvalue weighted by molar-refractivity contribution is 0.527. The molecule has 0 bridgehead atoms. The molecule has 0 unspecified atom stereocenters. The van der Waals surface area contributed by atoms with Crippen LogP contribution in [0.2, 0.25) is 0 Å². The Morgan fingerprint density at radius 1 is 1.38 bits per heavy atom. The molecule has 0 aliphatic heterocycles. The van der Waals surface area contributed by atoms with E-state index in [-0.39, 0.29) is 12.4 Å². The van der Waals surface area contributed by atoms with Crippen LogP contribution in [-0.4, -0.2) is 6.04 Å². The number of hydrogen-bond acceptors (Lipinski definition) is 1. The number of nitrogens with two attached hydrogens (primary N) is 1. The molecule has 2 N–H and O–H groups in total. The lowest BCUT2D eigenvalue weighted by Gasteiger charge is -2.05. The van der Waals surface area contributed by atoms with E-state index in [0.29, 0.717) is 6.04 Å². The van der Waals surface area contributed by atoms with Crippen molar-refractivity contribution in [3.63, 3.8) is 0 Å². The highest BCUT2D eigenvalue weighted by molar-refractivity contribution is 5.85. The van der Waals surface area contributed by atoms with Crippen molar-refractivity contribution in [2.45, 2.75) is 32.2 Å². The summed E-state index contributed by atoms with van der Waals surface area (Å²) in [5.74, 6) is 0.792. The minimum Gasteiger partial charge on any atom is -0.327 e. The first kappa shape index (κ1) is 8.25. The summed E-state index contributed by atoms with van der Waals surface area (Å²) in [5.41, 5.74) is 5.68. The minimum absolute atomic E-state index is 0. The van der Waals surface area contributed by atoms with E-state index < -0.39 is 0 Å². The van der Waals surface area contributed by atoms with Crippen molar-refractivity contribution < 1.29 is 0 Å². The fraction of sp³-hybridized carbons (Fsp3) is 1.00. The van der Waals surface area contributed by atoms with Gasteiger partial charge in [0.15, 0.2) is 0 Å². The van der Waals surface area contributed by atoms with Crippen molar-refractivity contribution in [1.82, 2.24) is 0 Å². The second-order valence-electron chi connectivity index (χ2n) is 2.57. The van der Waals surface area contributed by atoms with Gasteiger partial charge in [0.2, 0.25) is 0 Å². The van der Waals surface area contributed by atoms with Gasteiger partial charge in [-0.2, -0.15) is 0 Å². The van der Waals surface area contributed by atoms with Crippen LogP contribution in [0.1, 0.15) is 26.2 Å². The monoisotopic (exact) mass is 135 g/mol. The summed E-state index contributed by atoms with van der Waals surface area (Å²) in [5, 5.41) is 0. The maximum atomic E-state index is 5.68. The van der Waals surface area contributed by atoms with Crippen LogP contribution in [0, 0.1) is 5.92 Å². The van der Waals surface area contributed by atoms with E-state index in [0.717, 1.165) is 5.92 Å². The topological polar surface area (TPSA) is 26.0 Å². The predicted octanol–water partition coefficient (Wildman–Crippen LogP) is 1.56. The second kappa shape index (κ2) is 3.31. The van der Waals surface area contributed by atoms with Gasteiger partial charge in [-0.25, -0.2) is 0 Å². The van der Waals surface area contributed by atoms with Gasteiger partial charge in [0, 0.05) is 6.04 Å². The molecule has 0 aromatic rings. The lowest BCUT2D eigenvalue weighted by Crippen LogP contribution is -2.21. The van der Waals surface area contributed by atoms with Crippen LogP contribution in [0.3, 0.4) is 0 Å². The van der Waals surface area contributed by atoms with Crippen molar-refractivity contribution in [3.8, 4) is 0 Å². The Bertz CT molecular complexity index is 57.5. The van der Waals surface area contributed by atoms with E-state index >= 15 is 0 Å². The van der Waals surface area contributed by atoms with Crippen LogP contribution in [0.4, 0.5) is 0 Å². The molecule has 2 heteroatoms. The Kier molecular flexibility index (Phi) is 3.41. The Morgan fingerprint density at radius 3 is 2.12 bits per heavy atom. The minimum atomic E-state index is 0. The van der Waals surface area contributed by atoms with Crippen LogP contribution in [0.25, 0.3) is 0 Å². The molecule has 1 fully saturated rings. The van der Waals surface area contributed by atoms with Gasteiger partial charge in [0.25, 0.3) is 0 Å². The van der Waals surface area contributed by atoms with Crippen molar-refractivity contribution in [1.29, 1.82) is 0 Å². The highest BCUT2D eigenvalue weighted by Crippen LogP contribution is 2.22. The molecular formula is C6H14ClN. The number of rotatable bonds is 0. The molecule has 0 heterocycles. The fourth-order valence-corrected chi connectivity index (χ4v) is 1.17.